The summed E-state index contributed by atoms with van der Waals surface area (Å²) >= 11 is 0. The number of aliphatic imine (C=N–C) groups is 1. The Morgan fingerprint density at radius 3 is 2.73 bits per heavy atom. The van der Waals surface area contributed by atoms with E-state index in [4.69, 9.17) is 24.2 Å². The Hall–Kier alpha value is -4.39. The first-order chi connectivity index (χ1) is 16.3. The third-order valence-corrected chi connectivity index (χ3v) is 5.01. The van der Waals surface area contributed by atoms with Gasteiger partial charge in [-0.1, -0.05) is 24.3 Å². The monoisotopic (exact) mass is 438 g/mol. The quantitative estimate of drug-likeness (QED) is 0.259. The minimum absolute atomic E-state index is 0.237. The van der Waals surface area contributed by atoms with Crippen LogP contribution in [-0.4, -0.2) is 30.4 Å². The number of rotatable bonds is 6. The number of aromatic nitrogens is 1. The summed E-state index contributed by atoms with van der Waals surface area (Å²) in [5.41, 5.74) is 6.26. The summed E-state index contributed by atoms with van der Waals surface area (Å²) in [5, 5.41) is 5.46. The molecule has 33 heavy (non-hydrogen) atoms. The first-order valence-corrected chi connectivity index (χ1v) is 10.6. The largest absolute Gasteiger partial charge is 0.494 e. The third kappa shape index (κ3) is 4.77. The van der Waals surface area contributed by atoms with Crippen molar-refractivity contribution in [1.82, 2.24) is 10.4 Å². The van der Waals surface area contributed by atoms with Gasteiger partial charge < -0.3 is 14.2 Å². The molecule has 1 aliphatic rings. The van der Waals surface area contributed by atoms with E-state index in [1.54, 1.807) is 6.21 Å². The lowest BCUT2D eigenvalue weighted by molar-refractivity contribution is 0.174. The van der Waals surface area contributed by atoms with Gasteiger partial charge in [0.15, 0.2) is 17.3 Å². The van der Waals surface area contributed by atoms with E-state index in [0.717, 1.165) is 33.7 Å². The fraction of sp³-hybridized carbons (Fsp3) is 0.115. The Labute approximate surface area is 191 Å². The van der Waals surface area contributed by atoms with Gasteiger partial charge in [0.05, 0.1) is 24.0 Å². The van der Waals surface area contributed by atoms with E-state index in [1.165, 1.54) is 0 Å². The SMILES string of the molecule is CCOc1ccc(N=C(N/N=C/c2ccc3c(c2)OCO3)c2ccc3ccccc3n2)cc1. The lowest BCUT2D eigenvalue weighted by atomic mass is 10.2. The van der Waals surface area contributed by atoms with Gasteiger partial charge in [0.2, 0.25) is 6.79 Å². The van der Waals surface area contributed by atoms with E-state index in [0.29, 0.717) is 23.9 Å². The molecule has 1 aliphatic heterocycles. The Balaban J connectivity index is 1.44. The lowest BCUT2D eigenvalue weighted by Gasteiger charge is -2.08. The Bertz CT molecular complexity index is 1330. The number of fused-ring (bicyclic) bond motifs is 2. The summed E-state index contributed by atoms with van der Waals surface area (Å²) in [5.74, 6) is 2.77. The van der Waals surface area contributed by atoms with Crippen molar-refractivity contribution in [3.63, 3.8) is 0 Å². The van der Waals surface area contributed by atoms with Crippen molar-refractivity contribution in [2.24, 2.45) is 10.1 Å². The predicted octanol–water partition coefficient (Wildman–Crippen LogP) is 5.06. The zero-order chi connectivity index (χ0) is 22.5. The van der Waals surface area contributed by atoms with Crippen LogP contribution in [0.3, 0.4) is 0 Å². The van der Waals surface area contributed by atoms with Crippen LogP contribution in [0.5, 0.6) is 17.2 Å². The standard InChI is InChI=1S/C26H22N4O3/c1-2-31-21-11-9-20(10-12-21)28-26(23-13-8-19-5-3-4-6-22(19)29-23)30-27-16-18-7-14-24-25(15-18)33-17-32-24/h3-16H,2,17H2,1H3,(H,28,30)/b27-16+. The van der Waals surface area contributed by atoms with Gasteiger partial charge in [-0.25, -0.2) is 9.98 Å². The molecule has 0 aliphatic carbocycles. The smallest absolute Gasteiger partial charge is 0.231 e. The van der Waals surface area contributed by atoms with Crippen LogP contribution in [0.2, 0.25) is 0 Å². The third-order valence-electron chi connectivity index (χ3n) is 5.01. The fourth-order valence-electron chi connectivity index (χ4n) is 3.41. The number of hydrogen-bond donors (Lipinski definition) is 1. The minimum atomic E-state index is 0.237. The van der Waals surface area contributed by atoms with E-state index in [9.17, 15) is 0 Å². The highest BCUT2D eigenvalue weighted by molar-refractivity contribution is 6.00. The number of benzene rings is 3. The fourth-order valence-corrected chi connectivity index (χ4v) is 3.41. The van der Waals surface area contributed by atoms with Crippen LogP contribution in [0.4, 0.5) is 5.69 Å². The van der Waals surface area contributed by atoms with Crippen molar-refractivity contribution in [3.8, 4) is 17.2 Å². The van der Waals surface area contributed by atoms with Crippen molar-refractivity contribution in [1.29, 1.82) is 0 Å². The van der Waals surface area contributed by atoms with Crippen LogP contribution >= 0.6 is 0 Å². The summed E-state index contributed by atoms with van der Waals surface area (Å²) < 4.78 is 16.3. The molecule has 164 valence electrons. The second kappa shape index (κ2) is 9.40. The maximum Gasteiger partial charge on any atom is 0.231 e. The molecule has 0 fully saturated rings. The maximum absolute atomic E-state index is 5.53. The zero-order valence-electron chi connectivity index (χ0n) is 18.1. The van der Waals surface area contributed by atoms with Gasteiger partial charge in [0, 0.05) is 5.39 Å². The number of hydrogen-bond acceptors (Lipinski definition) is 6. The zero-order valence-corrected chi connectivity index (χ0v) is 18.1. The van der Waals surface area contributed by atoms with Crippen LogP contribution in [0.1, 0.15) is 18.2 Å². The van der Waals surface area contributed by atoms with E-state index in [1.807, 2.05) is 85.8 Å². The van der Waals surface area contributed by atoms with Gasteiger partial charge in [-0.15, -0.1) is 0 Å². The summed E-state index contributed by atoms with van der Waals surface area (Å²) in [6.45, 7) is 2.81. The van der Waals surface area contributed by atoms with E-state index in [-0.39, 0.29) is 6.79 Å². The van der Waals surface area contributed by atoms with Gasteiger partial charge in [-0.3, -0.25) is 5.43 Å². The average Bonchev–Trinajstić information content (AvgIpc) is 3.32. The number of nitrogens with zero attached hydrogens (tertiary/aromatic N) is 3. The lowest BCUT2D eigenvalue weighted by Crippen LogP contribution is -2.20. The molecule has 0 atom stereocenters. The summed E-state index contributed by atoms with van der Waals surface area (Å²) in [6, 6.07) is 25.2. The van der Waals surface area contributed by atoms with E-state index in [2.05, 4.69) is 10.5 Å². The Morgan fingerprint density at radius 2 is 1.85 bits per heavy atom. The number of para-hydroxylation sites is 1. The normalized spacial score (nSPS) is 12.9. The van der Waals surface area contributed by atoms with Crippen molar-refractivity contribution >= 4 is 28.6 Å². The van der Waals surface area contributed by atoms with Crippen molar-refractivity contribution < 1.29 is 14.2 Å². The maximum atomic E-state index is 5.53. The van der Waals surface area contributed by atoms with Crippen molar-refractivity contribution in [3.05, 3.63) is 90.1 Å². The van der Waals surface area contributed by atoms with Gasteiger partial charge in [-0.2, -0.15) is 5.10 Å². The molecule has 7 nitrogen and oxygen atoms in total. The second-order valence-corrected chi connectivity index (χ2v) is 7.26. The number of pyridine rings is 1. The predicted molar refractivity (Wildman–Crippen MR) is 129 cm³/mol. The van der Waals surface area contributed by atoms with Gasteiger partial charge >= 0.3 is 0 Å². The topological polar surface area (TPSA) is 77.3 Å². The molecule has 4 aromatic rings. The van der Waals surface area contributed by atoms with Gasteiger partial charge in [0.1, 0.15) is 11.4 Å². The van der Waals surface area contributed by atoms with Crippen LogP contribution < -0.4 is 19.6 Å². The molecule has 0 radical (unpaired) electrons. The first-order valence-electron chi connectivity index (χ1n) is 10.6. The molecule has 0 unspecified atom stereocenters. The molecule has 0 spiro atoms. The molecule has 0 saturated carbocycles. The molecule has 2 heterocycles. The van der Waals surface area contributed by atoms with Crippen molar-refractivity contribution in [2.75, 3.05) is 13.4 Å². The van der Waals surface area contributed by atoms with Crippen LogP contribution in [-0.2, 0) is 0 Å². The highest BCUT2D eigenvalue weighted by Gasteiger charge is 2.12. The van der Waals surface area contributed by atoms with Crippen LogP contribution in [0.15, 0.2) is 89.0 Å². The molecule has 0 amide bonds. The molecule has 0 saturated heterocycles. The first kappa shape index (κ1) is 20.5. The second-order valence-electron chi connectivity index (χ2n) is 7.26. The molecule has 5 rings (SSSR count). The number of ether oxygens (including phenoxy) is 3. The molecular formula is C26H22N4O3. The molecule has 1 N–H and O–H groups in total. The number of nitrogens with one attached hydrogen (secondary N) is 1. The summed E-state index contributed by atoms with van der Waals surface area (Å²) in [6.07, 6.45) is 1.71. The average molecular weight is 438 g/mol. The van der Waals surface area contributed by atoms with E-state index < -0.39 is 0 Å². The Kier molecular flexibility index (Phi) is 5.84. The highest BCUT2D eigenvalue weighted by Crippen LogP contribution is 2.32. The van der Waals surface area contributed by atoms with Crippen LogP contribution in [0, 0.1) is 0 Å². The number of amidine groups is 1. The number of hydrazone groups is 1. The van der Waals surface area contributed by atoms with Crippen molar-refractivity contribution in [2.45, 2.75) is 6.92 Å². The van der Waals surface area contributed by atoms with Gasteiger partial charge in [0.25, 0.3) is 0 Å². The summed E-state index contributed by atoms with van der Waals surface area (Å²) in [7, 11) is 0. The highest BCUT2D eigenvalue weighted by atomic mass is 16.7. The summed E-state index contributed by atoms with van der Waals surface area (Å²) in [4.78, 5) is 9.52. The minimum Gasteiger partial charge on any atom is -0.494 e. The Morgan fingerprint density at radius 1 is 1.00 bits per heavy atom. The molecular weight excluding hydrogens is 416 g/mol. The molecule has 3 aromatic carbocycles. The molecule has 0 bridgehead atoms. The van der Waals surface area contributed by atoms with E-state index >= 15 is 0 Å². The molecule has 7 heteroatoms. The molecule has 1 aromatic heterocycles. The van der Waals surface area contributed by atoms with Crippen LogP contribution in [0.25, 0.3) is 10.9 Å². The van der Waals surface area contributed by atoms with Gasteiger partial charge in [-0.05, 0) is 67.1 Å².